The van der Waals surface area contributed by atoms with Crippen LogP contribution >= 0.6 is 0 Å². The Balaban J connectivity index is 0.00000107. The summed E-state index contributed by atoms with van der Waals surface area (Å²) in [5.74, 6) is -0.885. The van der Waals surface area contributed by atoms with Gasteiger partial charge in [0.15, 0.2) is 0 Å². The predicted octanol–water partition coefficient (Wildman–Crippen LogP) is -1.28. The van der Waals surface area contributed by atoms with Gasteiger partial charge in [-0.1, -0.05) is 0 Å². The van der Waals surface area contributed by atoms with Crippen LogP contribution in [0.4, 0.5) is 0 Å². The monoisotopic (exact) mass is 436 g/mol. The topological polar surface area (TPSA) is 168 Å². The van der Waals surface area contributed by atoms with Crippen molar-refractivity contribution in [1.29, 1.82) is 0 Å². The highest BCUT2D eigenvalue weighted by Crippen LogP contribution is 2.25. The minimum atomic E-state index is -0.690. The van der Waals surface area contributed by atoms with E-state index in [1.807, 2.05) is 11.9 Å². The van der Waals surface area contributed by atoms with Crippen LogP contribution in [0.1, 0.15) is 40.2 Å². The molecule has 2 fully saturated rings. The number of primary amides is 1. The average Bonchev–Trinajstić information content (AvgIpc) is 3.12. The van der Waals surface area contributed by atoms with Gasteiger partial charge in [-0.15, -0.1) is 0 Å². The zero-order valence-electron chi connectivity index (χ0n) is 17.4. The first-order valence-electron chi connectivity index (χ1n) is 9.92. The number of rotatable bonds is 6. The van der Waals surface area contributed by atoms with Crippen LogP contribution in [0.3, 0.4) is 0 Å². The number of nitrogens with one attached hydrogen (secondary N) is 1. The molecule has 1 aromatic heterocycles. The van der Waals surface area contributed by atoms with Crippen molar-refractivity contribution < 1.29 is 29.0 Å². The maximum absolute atomic E-state index is 12.5. The van der Waals surface area contributed by atoms with E-state index in [2.05, 4.69) is 20.2 Å². The SMILES string of the molecule is CN1[C@@H](CC(=O)N2CCOCC2)CC[C@H]1CNC(=O)c1cnc(C(N)=O)cn1.O=CO. The Morgan fingerprint density at radius 3 is 2.35 bits per heavy atom. The normalized spacial score (nSPS) is 21.0. The highest BCUT2D eigenvalue weighted by Gasteiger charge is 2.33. The van der Waals surface area contributed by atoms with E-state index in [1.165, 1.54) is 12.4 Å². The minimum absolute atomic E-state index is 0.0138. The second kappa shape index (κ2) is 11.9. The number of carbonyl (C=O) groups excluding carboxylic acids is 3. The summed E-state index contributed by atoms with van der Waals surface area (Å²) in [6, 6.07) is 0.330. The number of nitrogens with zero attached hydrogens (tertiary/aromatic N) is 4. The van der Waals surface area contributed by atoms with Crippen LogP contribution in [0, 0.1) is 0 Å². The van der Waals surface area contributed by atoms with Crippen molar-refractivity contribution in [2.45, 2.75) is 31.3 Å². The Morgan fingerprint density at radius 1 is 1.19 bits per heavy atom. The molecular formula is C19H28N6O6. The number of hydrogen-bond donors (Lipinski definition) is 3. The Bertz CT molecular complexity index is 768. The largest absolute Gasteiger partial charge is 0.483 e. The van der Waals surface area contributed by atoms with E-state index < -0.39 is 5.91 Å². The second-order valence-electron chi connectivity index (χ2n) is 7.21. The molecule has 12 nitrogen and oxygen atoms in total. The maximum Gasteiger partial charge on any atom is 0.290 e. The summed E-state index contributed by atoms with van der Waals surface area (Å²) in [4.78, 5) is 55.8. The van der Waals surface area contributed by atoms with E-state index in [4.69, 9.17) is 20.4 Å². The summed E-state index contributed by atoms with van der Waals surface area (Å²) >= 11 is 0. The first-order valence-corrected chi connectivity index (χ1v) is 9.92. The van der Waals surface area contributed by atoms with Crippen molar-refractivity contribution >= 4 is 24.2 Å². The first kappa shape index (κ1) is 24.2. The maximum atomic E-state index is 12.5. The average molecular weight is 436 g/mol. The first-order chi connectivity index (χ1) is 14.9. The molecule has 3 amide bonds. The lowest BCUT2D eigenvalue weighted by atomic mass is 10.1. The summed E-state index contributed by atoms with van der Waals surface area (Å²) in [5, 5.41) is 9.73. The van der Waals surface area contributed by atoms with Crippen LogP contribution in [-0.2, 0) is 14.3 Å². The number of carbonyl (C=O) groups is 4. The molecule has 0 unspecified atom stereocenters. The molecular weight excluding hydrogens is 408 g/mol. The lowest BCUT2D eigenvalue weighted by Crippen LogP contribution is -2.45. The molecule has 3 rings (SSSR count). The van der Waals surface area contributed by atoms with Gasteiger partial charge < -0.3 is 25.8 Å². The van der Waals surface area contributed by atoms with Gasteiger partial charge in [0.25, 0.3) is 18.3 Å². The van der Waals surface area contributed by atoms with E-state index in [1.54, 1.807) is 0 Å². The van der Waals surface area contributed by atoms with Gasteiger partial charge in [0.05, 0.1) is 25.6 Å². The van der Waals surface area contributed by atoms with Gasteiger partial charge in [-0.2, -0.15) is 0 Å². The highest BCUT2D eigenvalue weighted by molar-refractivity contribution is 5.93. The number of morpholine rings is 1. The van der Waals surface area contributed by atoms with Crippen LogP contribution in [-0.4, -0.2) is 101 Å². The van der Waals surface area contributed by atoms with E-state index in [-0.39, 0.29) is 41.8 Å². The zero-order valence-corrected chi connectivity index (χ0v) is 17.4. The predicted molar refractivity (Wildman–Crippen MR) is 108 cm³/mol. The Labute approximate surface area is 179 Å². The molecule has 1 aromatic rings. The van der Waals surface area contributed by atoms with Gasteiger partial charge in [0, 0.05) is 38.1 Å². The summed E-state index contributed by atoms with van der Waals surface area (Å²) < 4.78 is 5.29. The molecule has 0 bridgehead atoms. The summed E-state index contributed by atoms with van der Waals surface area (Å²) in [7, 11) is 1.99. The van der Waals surface area contributed by atoms with Crippen molar-refractivity contribution in [3.05, 3.63) is 23.8 Å². The lowest BCUT2D eigenvalue weighted by molar-refractivity contribution is -0.136. The van der Waals surface area contributed by atoms with E-state index in [0.717, 1.165) is 12.8 Å². The molecule has 0 spiro atoms. The third-order valence-corrected chi connectivity index (χ3v) is 5.39. The molecule has 0 saturated carbocycles. The van der Waals surface area contributed by atoms with Gasteiger partial charge in [0.2, 0.25) is 5.91 Å². The summed E-state index contributed by atoms with van der Waals surface area (Å²) in [6.07, 6.45) is 4.73. The Hall–Kier alpha value is -3.12. The minimum Gasteiger partial charge on any atom is -0.483 e. The number of ether oxygens (including phenoxy) is 1. The second-order valence-corrected chi connectivity index (χ2v) is 7.21. The molecule has 2 saturated heterocycles. The van der Waals surface area contributed by atoms with Gasteiger partial charge in [-0.05, 0) is 19.9 Å². The van der Waals surface area contributed by atoms with Crippen LogP contribution in [0.5, 0.6) is 0 Å². The van der Waals surface area contributed by atoms with E-state index >= 15 is 0 Å². The van der Waals surface area contributed by atoms with Crippen LogP contribution in [0.2, 0.25) is 0 Å². The number of likely N-dealkylation sites (N-methyl/N-ethyl adjacent to an activating group) is 1. The summed E-state index contributed by atoms with van der Waals surface area (Å²) in [5.41, 5.74) is 5.25. The molecule has 12 heteroatoms. The quantitative estimate of drug-likeness (QED) is 0.460. The number of amides is 3. The van der Waals surface area contributed by atoms with Crippen molar-refractivity contribution in [3.8, 4) is 0 Å². The number of nitrogens with two attached hydrogens (primary N) is 1. The van der Waals surface area contributed by atoms with E-state index in [9.17, 15) is 14.4 Å². The fourth-order valence-corrected chi connectivity index (χ4v) is 3.60. The van der Waals surface area contributed by atoms with Crippen molar-refractivity contribution in [2.24, 2.45) is 5.73 Å². The molecule has 31 heavy (non-hydrogen) atoms. The zero-order chi connectivity index (χ0) is 22.8. The Morgan fingerprint density at radius 2 is 1.77 bits per heavy atom. The molecule has 0 aliphatic carbocycles. The molecule has 170 valence electrons. The van der Waals surface area contributed by atoms with Crippen LogP contribution in [0.15, 0.2) is 12.4 Å². The number of likely N-dealkylation sites (tertiary alicyclic amines) is 1. The molecule has 0 radical (unpaired) electrons. The van der Waals surface area contributed by atoms with Crippen molar-refractivity contribution in [3.63, 3.8) is 0 Å². The lowest BCUT2D eigenvalue weighted by Gasteiger charge is -2.30. The molecule has 0 aromatic carbocycles. The fourth-order valence-electron chi connectivity index (χ4n) is 3.60. The Kier molecular flexibility index (Phi) is 9.28. The number of hydrogen-bond acceptors (Lipinski definition) is 8. The molecule has 4 N–H and O–H groups in total. The van der Waals surface area contributed by atoms with Crippen LogP contribution < -0.4 is 11.1 Å². The van der Waals surface area contributed by atoms with Crippen LogP contribution in [0.25, 0.3) is 0 Å². The third-order valence-electron chi connectivity index (χ3n) is 5.39. The van der Waals surface area contributed by atoms with Gasteiger partial charge in [-0.3, -0.25) is 24.1 Å². The number of aromatic nitrogens is 2. The van der Waals surface area contributed by atoms with Gasteiger partial charge in [0.1, 0.15) is 11.4 Å². The summed E-state index contributed by atoms with van der Waals surface area (Å²) in [6.45, 7) is 2.72. The molecule has 2 atom stereocenters. The van der Waals surface area contributed by atoms with Crippen molar-refractivity contribution in [2.75, 3.05) is 39.9 Å². The fraction of sp³-hybridized carbons (Fsp3) is 0.579. The van der Waals surface area contributed by atoms with Crippen molar-refractivity contribution in [1.82, 2.24) is 25.1 Å². The molecule has 3 heterocycles. The van der Waals surface area contributed by atoms with E-state index in [0.29, 0.717) is 39.3 Å². The molecule has 2 aliphatic heterocycles. The van der Waals surface area contributed by atoms with Gasteiger partial charge >= 0.3 is 0 Å². The smallest absolute Gasteiger partial charge is 0.290 e. The third kappa shape index (κ3) is 6.96. The standard InChI is InChI=1S/C18H26N6O4.CH2O2/c1-23-12(8-16(25)24-4-6-28-7-5-24)2-3-13(23)9-22-18(27)15-11-20-14(10-21-15)17(19)26;2-1-3/h10-13H,2-9H2,1H3,(H2,19,26)(H,22,27);1H,(H,2,3)/t12-,13+;/m1./s1. The highest BCUT2D eigenvalue weighted by atomic mass is 16.5. The van der Waals surface area contributed by atoms with Gasteiger partial charge in [-0.25, -0.2) is 9.97 Å². The number of carboxylic acid groups (broad SMARTS) is 1. The molecule has 2 aliphatic rings.